The average molecular weight is 302 g/mol. The number of benzene rings is 1. The average Bonchev–Trinajstić information content (AvgIpc) is 3.14. The number of ether oxygens (including phenoxy) is 2. The first kappa shape index (κ1) is 15.3. The van der Waals surface area contributed by atoms with Crippen LogP contribution in [0.5, 0.6) is 5.75 Å². The molecule has 1 aromatic carbocycles. The number of hydrogen-bond acceptors (Lipinski definition) is 4. The van der Waals surface area contributed by atoms with Gasteiger partial charge in [0.1, 0.15) is 12.4 Å². The summed E-state index contributed by atoms with van der Waals surface area (Å²) in [6.45, 7) is 7.95. The first-order valence-electron chi connectivity index (χ1n) is 8.29. The van der Waals surface area contributed by atoms with E-state index < -0.39 is 0 Å². The minimum atomic E-state index is -0.112. The van der Waals surface area contributed by atoms with E-state index in [4.69, 9.17) is 9.47 Å². The summed E-state index contributed by atoms with van der Waals surface area (Å²) in [5, 5.41) is 3.41. The standard InChI is InChI=1S/C18H26N2O2/c1-18(2)13-22-17(20-18)15-5-7-16(8-6-15)21-11-3-4-14-9-10-19-12-14/h5-8,14,19H,3-4,9-13H2,1-2H3. The SMILES string of the molecule is CC1(C)COC(c2ccc(OCCCC3CCNC3)cc2)=N1. The van der Waals surface area contributed by atoms with Gasteiger partial charge in [0.25, 0.3) is 0 Å². The first-order valence-corrected chi connectivity index (χ1v) is 8.29. The van der Waals surface area contributed by atoms with Gasteiger partial charge in [-0.05, 0) is 76.4 Å². The Hall–Kier alpha value is -1.55. The molecule has 1 saturated heterocycles. The lowest BCUT2D eigenvalue weighted by atomic mass is 10.0. The molecule has 0 aliphatic carbocycles. The summed E-state index contributed by atoms with van der Waals surface area (Å²) in [7, 11) is 0. The predicted molar refractivity (Wildman–Crippen MR) is 88.7 cm³/mol. The molecule has 1 unspecified atom stereocenters. The van der Waals surface area contributed by atoms with Gasteiger partial charge < -0.3 is 14.8 Å². The number of hydrogen-bond donors (Lipinski definition) is 1. The normalized spacial score (nSPS) is 23.2. The number of nitrogens with one attached hydrogen (secondary N) is 1. The predicted octanol–water partition coefficient (Wildman–Crippen LogP) is 3.01. The summed E-state index contributed by atoms with van der Waals surface area (Å²) in [4.78, 5) is 4.59. The Labute approximate surface area is 132 Å². The maximum absolute atomic E-state index is 5.82. The van der Waals surface area contributed by atoms with Crippen LogP contribution in [0.25, 0.3) is 0 Å². The Morgan fingerprint density at radius 2 is 2.14 bits per heavy atom. The Morgan fingerprint density at radius 3 is 2.77 bits per heavy atom. The van der Waals surface area contributed by atoms with E-state index in [1.165, 1.54) is 25.9 Å². The van der Waals surface area contributed by atoms with Crippen LogP contribution < -0.4 is 10.1 Å². The van der Waals surface area contributed by atoms with Crippen molar-refractivity contribution in [2.45, 2.75) is 38.6 Å². The van der Waals surface area contributed by atoms with Crippen LogP contribution in [0.2, 0.25) is 0 Å². The molecule has 0 spiro atoms. The van der Waals surface area contributed by atoms with Crippen molar-refractivity contribution in [1.82, 2.24) is 5.32 Å². The molecule has 2 heterocycles. The minimum Gasteiger partial charge on any atom is -0.494 e. The second kappa shape index (κ2) is 6.69. The fourth-order valence-corrected chi connectivity index (χ4v) is 2.95. The second-order valence-electron chi connectivity index (χ2n) is 6.89. The molecule has 0 radical (unpaired) electrons. The molecular weight excluding hydrogens is 276 g/mol. The minimum absolute atomic E-state index is 0.112. The highest BCUT2D eigenvalue weighted by Gasteiger charge is 2.26. The molecule has 1 aromatic rings. The monoisotopic (exact) mass is 302 g/mol. The van der Waals surface area contributed by atoms with E-state index in [-0.39, 0.29) is 5.54 Å². The van der Waals surface area contributed by atoms with Crippen LogP contribution in [-0.4, -0.2) is 37.7 Å². The molecule has 2 aliphatic heterocycles. The van der Waals surface area contributed by atoms with Crippen molar-refractivity contribution in [2.75, 3.05) is 26.3 Å². The lowest BCUT2D eigenvalue weighted by Crippen LogP contribution is -2.17. The molecule has 120 valence electrons. The maximum atomic E-state index is 5.82. The van der Waals surface area contributed by atoms with Crippen LogP contribution in [0.3, 0.4) is 0 Å². The van der Waals surface area contributed by atoms with Gasteiger partial charge in [-0.25, -0.2) is 4.99 Å². The van der Waals surface area contributed by atoms with Crippen molar-refractivity contribution in [3.63, 3.8) is 0 Å². The van der Waals surface area contributed by atoms with Crippen LogP contribution >= 0.6 is 0 Å². The van der Waals surface area contributed by atoms with Gasteiger partial charge in [-0.1, -0.05) is 0 Å². The highest BCUT2D eigenvalue weighted by atomic mass is 16.5. The summed E-state index contributed by atoms with van der Waals surface area (Å²) in [5.41, 5.74) is 0.912. The van der Waals surface area contributed by atoms with E-state index in [1.807, 2.05) is 24.3 Å². The van der Waals surface area contributed by atoms with Crippen LogP contribution in [0.4, 0.5) is 0 Å². The number of aliphatic imine (C=N–C) groups is 1. The van der Waals surface area contributed by atoms with Crippen molar-refractivity contribution in [3.8, 4) is 5.75 Å². The van der Waals surface area contributed by atoms with Crippen LogP contribution in [-0.2, 0) is 4.74 Å². The largest absolute Gasteiger partial charge is 0.494 e. The summed E-state index contributed by atoms with van der Waals surface area (Å²) in [5.74, 6) is 2.50. The first-order chi connectivity index (χ1) is 10.6. The molecule has 4 heteroatoms. The Kier molecular flexibility index (Phi) is 4.67. The van der Waals surface area contributed by atoms with Crippen LogP contribution in [0.15, 0.2) is 29.3 Å². The van der Waals surface area contributed by atoms with Gasteiger partial charge in [-0.2, -0.15) is 0 Å². The van der Waals surface area contributed by atoms with E-state index in [9.17, 15) is 0 Å². The summed E-state index contributed by atoms with van der Waals surface area (Å²) in [6.07, 6.45) is 3.69. The zero-order valence-corrected chi connectivity index (χ0v) is 13.6. The van der Waals surface area contributed by atoms with Crippen molar-refractivity contribution < 1.29 is 9.47 Å². The molecule has 0 aromatic heterocycles. The molecule has 1 atom stereocenters. The van der Waals surface area contributed by atoms with Crippen molar-refractivity contribution in [3.05, 3.63) is 29.8 Å². The fourth-order valence-electron chi connectivity index (χ4n) is 2.95. The third-order valence-corrected chi connectivity index (χ3v) is 4.26. The second-order valence-corrected chi connectivity index (χ2v) is 6.89. The van der Waals surface area contributed by atoms with E-state index in [1.54, 1.807) is 0 Å². The molecule has 0 amide bonds. The Morgan fingerprint density at radius 1 is 1.32 bits per heavy atom. The molecule has 2 aliphatic rings. The van der Waals surface area contributed by atoms with Crippen molar-refractivity contribution in [2.24, 2.45) is 10.9 Å². The van der Waals surface area contributed by atoms with Gasteiger partial charge in [0.15, 0.2) is 0 Å². The van der Waals surface area contributed by atoms with Gasteiger partial charge in [0.05, 0.1) is 12.1 Å². The highest BCUT2D eigenvalue weighted by Crippen LogP contribution is 2.22. The van der Waals surface area contributed by atoms with Crippen molar-refractivity contribution in [1.29, 1.82) is 0 Å². The third-order valence-electron chi connectivity index (χ3n) is 4.26. The molecule has 22 heavy (non-hydrogen) atoms. The molecule has 0 bridgehead atoms. The lowest BCUT2D eigenvalue weighted by molar-refractivity contribution is 0.279. The van der Waals surface area contributed by atoms with E-state index in [0.717, 1.165) is 36.2 Å². The van der Waals surface area contributed by atoms with Gasteiger partial charge in [-0.3, -0.25) is 0 Å². The molecule has 4 nitrogen and oxygen atoms in total. The van der Waals surface area contributed by atoms with Gasteiger partial charge in [-0.15, -0.1) is 0 Å². The van der Waals surface area contributed by atoms with Crippen LogP contribution in [0.1, 0.15) is 38.7 Å². The Balaban J connectivity index is 1.45. The third kappa shape index (κ3) is 4.01. The molecule has 1 fully saturated rings. The van der Waals surface area contributed by atoms with Gasteiger partial charge >= 0.3 is 0 Å². The van der Waals surface area contributed by atoms with E-state index in [0.29, 0.717) is 6.61 Å². The van der Waals surface area contributed by atoms with E-state index in [2.05, 4.69) is 24.2 Å². The van der Waals surface area contributed by atoms with Gasteiger partial charge in [0, 0.05) is 5.56 Å². The highest BCUT2D eigenvalue weighted by molar-refractivity contribution is 5.95. The number of nitrogens with zero attached hydrogens (tertiary/aromatic N) is 1. The van der Waals surface area contributed by atoms with E-state index >= 15 is 0 Å². The lowest BCUT2D eigenvalue weighted by Gasteiger charge is -2.10. The quantitative estimate of drug-likeness (QED) is 0.821. The number of rotatable bonds is 6. The topological polar surface area (TPSA) is 42.9 Å². The van der Waals surface area contributed by atoms with Gasteiger partial charge in [0.2, 0.25) is 5.90 Å². The van der Waals surface area contributed by atoms with Crippen LogP contribution in [0, 0.1) is 5.92 Å². The fraction of sp³-hybridized carbons (Fsp3) is 0.611. The summed E-state index contributed by atoms with van der Waals surface area (Å²) >= 11 is 0. The zero-order chi connectivity index (χ0) is 15.4. The maximum Gasteiger partial charge on any atom is 0.216 e. The zero-order valence-electron chi connectivity index (χ0n) is 13.6. The van der Waals surface area contributed by atoms with Crippen molar-refractivity contribution >= 4 is 5.90 Å². The summed E-state index contributed by atoms with van der Waals surface area (Å²) < 4.78 is 11.5. The smallest absolute Gasteiger partial charge is 0.216 e. The molecular formula is C18H26N2O2. The Bertz CT molecular complexity index is 516. The molecule has 3 rings (SSSR count). The molecule has 1 N–H and O–H groups in total. The molecule has 0 saturated carbocycles. The summed E-state index contributed by atoms with van der Waals surface area (Å²) in [6, 6.07) is 8.06.